The SMILES string of the molecule is CCCOCCOCCOC(OCCOCCOCCC)C(C)C. The van der Waals surface area contributed by atoms with Gasteiger partial charge in [-0.15, -0.1) is 0 Å². The Bertz CT molecular complexity index is 218. The smallest absolute Gasteiger partial charge is 0.160 e. The summed E-state index contributed by atoms with van der Waals surface area (Å²) in [5, 5.41) is 0. The maximum Gasteiger partial charge on any atom is 0.160 e. The van der Waals surface area contributed by atoms with Crippen molar-refractivity contribution >= 4 is 0 Å². The number of hydrogen-bond acceptors (Lipinski definition) is 6. The molecule has 0 radical (unpaired) electrons. The second-order valence-electron chi connectivity index (χ2n) is 5.80. The summed E-state index contributed by atoms with van der Waals surface area (Å²) in [6, 6.07) is 0. The third-order valence-corrected chi connectivity index (χ3v) is 3.00. The number of hydrogen-bond donors (Lipinski definition) is 0. The van der Waals surface area contributed by atoms with Crippen LogP contribution in [0.15, 0.2) is 0 Å². The Labute approximate surface area is 148 Å². The van der Waals surface area contributed by atoms with Gasteiger partial charge in [0, 0.05) is 19.1 Å². The fourth-order valence-corrected chi connectivity index (χ4v) is 1.81. The third kappa shape index (κ3) is 16.6. The van der Waals surface area contributed by atoms with Gasteiger partial charge in [-0.2, -0.15) is 0 Å². The zero-order chi connectivity index (χ0) is 17.9. The van der Waals surface area contributed by atoms with E-state index >= 15 is 0 Å². The van der Waals surface area contributed by atoms with E-state index in [0.717, 1.165) is 26.1 Å². The Balaban J connectivity index is 3.47. The molecule has 0 bridgehead atoms. The van der Waals surface area contributed by atoms with Crippen LogP contribution in [-0.4, -0.2) is 72.4 Å². The summed E-state index contributed by atoms with van der Waals surface area (Å²) in [6.45, 7) is 14.5. The quantitative estimate of drug-likeness (QED) is 0.264. The van der Waals surface area contributed by atoms with E-state index in [-0.39, 0.29) is 12.2 Å². The molecule has 0 heterocycles. The summed E-state index contributed by atoms with van der Waals surface area (Å²) >= 11 is 0. The third-order valence-electron chi connectivity index (χ3n) is 3.00. The van der Waals surface area contributed by atoms with Crippen molar-refractivity contribution in [2.45, 2.75) is 46.8 Å². The molecule has 0 aromatic carbocycles. The van der Waals surface area contributed by atoms with Crippen LogP contribution in [0.2, 0.25) is 0 Å². The van der Waals surface area contributed by atoms with Gasteiger partial charge in [-0.1, -0.05) is 27.7 Å². The summed E-state index contributed by atoms with van der Waals surface area (Å²) in [5.74, 6) is 0.283. The first-order valence-corrected chi connectivity index (χ1v) is 9.26. The van der Waals surface area contributed by atoms with Gasteiger partial charge in [0.25, 0.3) is 0 Å². The van der Waals surface area contributed by atoms with Crippen LogP contribution >= 0.6 is 0 Å². The van der Waals surface area contributed by atoms with Crippen molar-refractivity contribution in [1.82, 2.24) is 0 Å². The van der Waals surface area contributed by atoms with E-state index in [1.165, 1.54) is 0 Å². The highest BCUT2D eigenvalue weighted by Gasteiger charge is 2.14. The summed E-state index contributed by atoms with van der Waals surface area (Å²) in [7, 11) is 0. The number of ether oxygens (including phenoxy) is 6. The maximum atomic E-state index is 5.72. The van der Waals surface area contributed by atoms with Crippen molar-refractivity contribution < 1.29 is 28.4 Å². The molecule has 6 nitrogen and oxygen atoms in total. The minimum absolute atomic E-state index is 0.232. The van der Waals surface area contributed by atoms with Gasteiger partial charge in [-0.3, -0.25) is 0 Å². The van der Waals surface area contributed by atoms with Gasteiger partial charge in [0.15, 0.2) is 6.29 Å². The van der Waals surface area contributed by atoms with Gasteiger partial charge in [0.05, 0.1) is 52.9 Å². The highest BCUT2D eigenvalue weighted by atomic mass is 16.7. The molecule has 0 aliphatic heterocycles. The molecule has 0 rings (SSSR count). The van der Waals surface area contributed by atoms with E-state index in [0.29, 0.717) is 52.9 Å². The zero-order valence-electron chi connectivity index (χ0n) is 16.1. The molecule has 0 saturated heterocycles. The van der Waals surface area contributed by atoms with Crippen LogP contribution in [0.25, 0.3) is 0 Å². The second kappa shape index (κ2) is 19.1. The van der Waals surface area contributed by atoms with Crippen LogP contribution in [0.1, 0.15) is 40.5 Å². The largest absolute Gasteiger partial charge is 0.379 e. The first-order valence-electron chi connectivity index (χ1n) is 9.26. The van der Waals surface area contributed by atoms with Crippen molar-refractivity contribution in [2.75, 3.05) is 66.1 Å². The number of rotatable bonds is 19. The molecule has 0 amide bonds. The van der Waals surface area contributed by atoms with Crippen molar-refractivity contribution in [3.8, 4) is 0 Å². The normalized spacial score (nSPS) is 11.8. The van der Waals surface area contributed by atoms with Crippen LogP contribution in [0, 0.1) is 5.92 Å². The molecule has 0 aromatic rings. The van der Waals surface area contributed by atoms with Gasteiger partial charge in [0.2, 0.25) is 0 Å². The lowest BCUT2D eigenvalue weighted by Crippen LogP contribution is -2.27. The van der Waals surface area contributed by atoms with E-state index in [4.69, 9.17) is 28.4 Å². The lowest BCUT2D eigenvalue weighted by atomic mass is 10.2. The van der Waals surface area contributed by atoms with E-state index in [1.807, 2.05) is 0 Å². The molecule has 0 unspecified atom stereocenters. The average molecular weight is 350 g/mol. The summed E-state index contributed by atoms with van der Waals surface area (Å²) in [4.78, 5) is 0. The molecular formula is C18H38O6. The molecule has 24 heavy (non-hydrogen) atoms. The Hall–Kier alpha value is -0.240. The van der Waals surface area contributed by atoms with Crippen LogP contribution < -0.4 is 0 Å². The molecule has 0 aromatic heterocycles. The Morgan fingerprint density at radius 1 is 0.500 bits per heavy atom. The van der Waals surface area contributed by atoms with Gasteiger partial charge >= 0.3 is 0 Å². The molecule has 0 saturated carbocycles. The maximum absolute atomic E-state index is 5.72. The van der Waals surface area contributed by atoms with Crippen molar-refractivity contribution in [1.29, 1.82) is 0 Å². The first-order chi connectivity index (χ1) is 11.7. The topological polar surface area (TPSA) is 55.4 Å². The summed E-state index contributed by atoms with van der Waals surface area (Å²) in [5.41, 5.74) is 0. The lowest BCUT2D eigenvalue weighted by Gasteiger charge is -2.22. The van der Waals surface area contributed by atoms with E-state index in [1.54, 1.807) is 0 Å². The molecule has 0 spiro atoms. The van der Waals surface area contributed by atoms with Crippen LogP contribution in [0.4, 0.5) is 0 Å². The predicted octanol–water partition coefficient (Wildman–Crippen LogP) is 2.89. The molecule has 146 valence electrons. The molecule has 0 aliphatic rings. The van der Waals surface area contributed by atoms with Gasteiger partial charge in [-0.25, -0.2) is 0 Å². The highest BCUT2D eigenvalue weighted by molar-refractivity contribution is 4.51. The van der Waals surface area contributed by atoms with Crippen molar-refractivity contribution in [2.24, 2.45) is 5.92 Å². The molecule has 0 fully saturated rings. The first kappa shape index (κ1) is 23.8. The van der Waals surface area contributed by atoms with Crippen LogP contribution in [0.3, 0.4) is 0 Å². The minimum Gasteiger partial charge on any atom is -0.379 e. The standard InChI is InChI=1S/C18H38O6/c1-5-7-19-9-11-21-13-15-23-18(17(3)4)24-16-14-22-12-10-20-8-6-2/h17-18H,5-16H2,1-4H3. The average Bonchev–Trinajstić information content (AvgIpc) is 2.57. The molecule has 0 N–H and O–H groups in total. The zero-order valence-corrected chi connectivity index (χ0v) is 16.1. The summed E-state index contributed by atoms with van der Waals surface area (Å²) < 4.78 is 33.0. The molecule has 0 atom stereocenters. The van der Waals surface area contributed by atoms with Crippen LogP contribution in [0.5, 0.6) is 0 Å². The van der Waals surface area contributed by atoms with Crippen molar-refractivity contribution in [3.63, 3.8) is 0 Å². The van der Waals surface area contributed by atoms with E-state index in [2.05, 4.69) is 27.7 Å². The van der Waals surface area contributed by atoms with Crippen molar-refractivity contribution in [3.05, 3.63) is 0 Å². The monoisotopic (exact) mass is 350 g/mol. The Kier molecular flexibility index (Phi) is 18.9. The fraction of sp³-hybridized carbons (Fsp3) is 1.00. The molecule has 6 heteroatoms. The van der Waals surface area contributed by atoms with Gasteiger partial charge in [0.1, 0.15) is 0 Å². The molecule has 0 aliphatic carbocycles. The van der Waals surface area contributed by atoms with Gasteiger partial charge < -0.3 is 28.4 Å². The lowest BCUT2D eigenvalue weighted by molar-refractivity contribution is -0.179. The second-order valence-corrected chi connectivity index (χ2v) is 5.80. The Morgan fingerprint density at radius 3 is 1.17 bits per heavy atom. The predicted molar refractivity (Wildman–Crippen MR) is 94.4 cm³/mol. The highest BCUT2D eigenvalue weighted by Crippen LogP contribution is 2.08. The van der Waals surface area contributed by atoms with Crippen LogP contribution in [-0.2, 0) is 28.4 Å². The van der Waals surface area contributed by atoms with Gasteiger partial charge in [-0.05, 0) is 12.8 Å². The summed E-state index contributed by atoms with van der Waals surface area (Å²) in [6.07, 6.45) is 1.84. The van der Waals surface area contributed by atoms with E-state index in [9.17, 15) is 0 Å². The Morgan fingerprint density at radius 2 is 0.833 bits per heavy atom. The van der Waals surface area contributed by atoms with E-state index < -0.39 is 0 Å². The fourth-order valence-electron chi connectivity index (χ4n) is 1.81. The minimum atomic E-state index is -0.232. The molecular weight excluding hydrogens is 312 g/mol.